The number of amides is 1. The first-order chi connectivity index (χ1) is 12.2. The van der Waals surface area contributed by atoms with E-state index in [1.54, 1.807) is 0 Å². The molecular formula is C19H25F3N2O2. The van der Waals surface area contributed by atoms with Crippen LogP contribution in [-0.4, -0.2) is 49.7 Å². The van der Waals surface area contributed by atoms with E-state index >= 15 is 0 Å². The van der Waals surface area contributed by atoms with Crippen LogP contribution in [0.4, 0.5) is 13.2 Å². The summed E-state index contributed by atoms with van der Waals surface area (Å²) in [4.78, 5) is 14.2. The van der Waals surface area contributed by atoms with E-state index in [0.29, 0.717) is 24.6 Å². The van der Waals surface area contributed by atoms with Gasteiger partial charge in [0.1, 0.15) is 0 Å². The van der Waals surface area contributed by atoms with Crippen LogP contribution in [0.3, 0.4) is 0 Å². The molecule has 1 fully saturated rings. The van der Waals surface area contributed by atoms with Crippen LogP contribution in [0.25, 0.3) is 6.08 Å². The lowest BCUT2D eigenvalue weighted by Crippen LogP contribution is -2.48. The molecule has 2 rings (SSSR count). The maximum absolute atomic E-state index is 12.5. The fourth-order valence-corrected chi connectivity index (χ4v) is 2.81. The van der Waals surface area contributed by atoms with E-state index in [9.17, 15) is 18.0 Å². The van der Waals surface area contributed by atoms with E-state index in [1.165, 1.54) is 24.3 Å². The molecule has 0 aromatic heterocycles. The number of carbonyl (C=O) groups excluding carboxylic acids is 1. The molecule has 1 saturated heterocycles. The third-order valence-corrected chi connectivity index (χ3v) is 4.02. The Labute approximate surface area is 152 Å². The lowest BCUT2D eigenvalue weighted by Gasteiger charge is -2.33. The molecule has 1 aliphatic rings. The first-order valence-electron chi connectivity index (χ1n) is 8.71. The normalized spacial score (nSPS) is 19.2. The first kappa shape index (κ1) is 20.5. The summed E-state index contributed by atoms with van der Waals surface area (Å²) in [6.45, 7) is 8.06. The topological polar surface area (TPSA) is 41.6 Å². The van der Waals surface area contributed by atoms with Gasteiger partial charge in [-0.3, -0.25) is 9.69 Å². The quantitative estimate of drug-likeness (QED) is 0.782. The van der Waals surface area contributed by atoms with Crippen LogP contribution < -0.4 is 5.32 Å². The minimum Gasteiger partial charge on any atom is -0.374 e. The highest BCUT2D eigenvalue weighted by atomic mass is 19.4. The van der Waals surface area contributed by atoms with Gasteiger partial charge in [-0.05, 0) is 29.7 Å². The molecule has 26 heavy (non-hydrogen) atoms. The highest BCUT2D eigenvalue weighted by molar-refractivity contribution is 5.91. The first-order valence-corrected chi connectivity index (χ1v) is 8.71. The lowest BCUT2D eigenvalue weighted by molar-refractivity contribution is -0.137. The second-order valence-electron chi connectivity index (χ2n) is 6.84. The Balaban J connectivity index is 1.78. The van der Waals surface area contributed by atoms with Crippen LogP contribution in [0, 0.1) is 5.92 Å². The summed E-state index contributed by atoms with van der Waals surface area (Å²) in [5, 5.41) is 2.77. The standard InChI is InChI=1S/C19H25F3N2O2/c1-14(2)12-24-9-10-26-17(13-24)11-23-18(25)8-5-15-3-6-16(7-4-15)19(20,21)22/h3-8,14,17H,9-13H2,1-2H3,(H,23,25)/b8-5+. The number of benzene rings is 1. The van der Waals surface area contributed by atoms with Gasteiger partial charge in [0.25, 0.3) is 0 Å². The zero-order valence-electron chi connectivity index (χ0n) is 15.1. The Morgan fingerprint density at radius 3 is 2.65 bits per heavy atom. The fraction of sp³-hybridized carbons (Fsp3) is 0.526. The average Bonchev–Trinajstić information content (AvgIpc) is 2.57. The van der Waals surface area contributed by atoms with Crippen molar-refractivity contribution in [2.75, 3.05) is 32.8 Å². The van der Waals surface area contributed by atoms with Crippen LogP contribution in [0.1, 0.15) is 25.0 Å². The molecule has 1 atom stereocenters. The maximum Gasteiger partial charge on any atom is 0.416 e. The SMILES string of the molecule is CC(C)CN1CCOC(CNC(=O)/C=C/c2ccc(C(F)(F)F)cc2)C1. The van der Waals surface area contributed by atoms with Crippen molar-refractivity contribution in [3.8, 4) is 0 Å². The van der Waals surface area contributed by atoms with Gasteiger partial charge in [0, 0.05) is 32.3 Å². The molecule has 144 valence electrons. The summed E-state index contributed by atoms with van der Waals surface area (Å²) in [5.74, 6) is 0.282. The average molecular weight is 370 g/mol. The van der Waals surface area contributed by atoms with Gasteiger partial charge in [0.15, 0.2) is 0 Å². The monoisotopic (exact) mass is 370 g/mol. The summed E-state index contributed by atoms with van der Waals surface area (Å²) in [6.07, 6.45) is -1.60. The van der Waals surface area contributed by atoms with Crippen molar-refractivity contribution in [1.82, 2.24) is 10.2 Å². The van der Waals surface area contributed by atoms with Gasteiger partial charge < -0.3 is 10.1 Å². The Hall–Kier alpha value is -1.86. The number of carbonyl (C=O) groups is 1. The van der Waals surface area contributed by atoms with Gasteiger partial charge in [-0.1, -0.05) is 26.0 Å². The molecule has 1 heterocycles. The molecule has 1 amide bonds. The second-order valence-corrected chi connectivity index (χ2v) is 6.84. The number of hydrogen-bond acceptors (Lipinski definition) is 3. The summed E-state index contributed by atoms with van der Waals surface area (Å²) in [5.41, 5.74) is -0.176. The zero-order valence-corrected chi connectivity index (χ0v) is 15.1. The van der Waals surface area contributed by atoms with Crippen molar-refractivity contribution in [3.05, 3.63) is 41.5 Å². The molecule has 1 unspecified atom stereocenters. The summed E-state index contributed by atoms with van der Waals surface area (Å²) >= 11 is 0. The second kappa shape index (κ2) is 9.19. The van der Waals surface area contributed by atoms with E-state index in [0.717, 1.165) is 31.8 Å². The number of hydrogen-bond donors (Lipinski definition) is 1. The van der Waals surface area contributed by atoms with Crippen LogP contribution >= 0.6 is 0 Å². The number of ether oxygens (including phenoxy) is 1. The minimum atomic E-state index is -4.36. The number of rotatable bonds is 6. The van der Waals surface area contributed by atoms with E-state index in [1.807, 2.05) is 0 Å². The van der Waals surface area contributed by atoms with Crippen molar-refractivity contribution in [2.24, 2.45) is 5.92 Å². The van der Waals surface area contributed by atoms with Gasteiger partial charge in [0.2, 0.25) is 5.91 Å². The van der Waals surface area contributed by atoms with E-state index in [2.05, 4.69) is 24.1 Å². The van der Waals surface area contributed by atoms with E-state index in [-0.39, 0.29) is 12.0 Å². The van der Waals surface area contributed by atoms with Crippen molar-refractivity contribution in [2.45, 2.75) is 26.1 Å². The molecule has 1 aliphatic heterocycles. The fourth-order valence-electron chi connectivity index (χ4n) is 2.81. The highest BCUT2D eigenvalue weighted by Crippen LogP contribution is 2.29. The van der Waals surface area contributed by atoms with Crippen LogP contribution in [0.2, 0.25) is 0 Å². The molecule has 0 radical (unpaired) electrons. The molecule has 4 nitrogen and oxygen atoms in total. The summed E-state index contributed by atoms with van der Waals surface area (Å²) in [7, 11) is 0. The van der Waals surface area contributed by atoms with Gasteiger partial charge in [0.05, 0.1) is 18.3 Å². The smallest absolute Gasteiger partial charge is 0.374 e. The maximum atomic E-state index is 12.5. The molecule has 1 aromatic rings. The van der Waals surface area contributed by atoms with Crippen molar-refractivity contribution >= 4 is 12.0 Å². The van der Waals surface area contributed by atoms with Gasteiger partial charge >= 0.3 is 6.18 Å². The third kappa shape index (κ3) is 6.80. The number of halogens is 3. The number of alkyl halides is 3. The predicted octanol–water partition coefficient (Wildman–Crippen LogP) is 3.19. The minimum absolute atomic E-state index is 0.0501. The molecule has 0 spiro atoms. The molecule has 0 aliphatic carbocycles. The van der Waals surface area contributed by atoms with Crippen LogP contribution in [0.15, 0.2) is 30.3 Å². The lowest BCUT2D eigenvalue weighted by atomic mass is 10.1. The Bertz CT molecular complexity index is 612. The van der Waals surface area contributed by atoms with Gasteiger partial charge in [-0.15, -0.1) is 0 Å². The highest BCUT2D eigenvalue weighted by Gasteiger charge is 2.29. The predicted molar refractivity (Wildman–Crippen MR) is 94.5 cm³/mol. The number of morpholine rings is 1. The molecule has 1 N–H and O–H groups in total. The largest absolute Gasteiger partial charge is 0.416 e. The molecule has 0 bridgehead atoms. The van der Waals surface area contributed by atoms with Gasteiger partial charge in [-0.25, -0.2) is 0 Å². The molecule has 0 saturated carbocycles. The zero-order chi connectivity index (χ0) is 19.2. The molecule has 1 aromatic carbocycles. The Kier molecular flexibility index (Phi) is 7.23. The van der Waals surface area contributed by atoms with Crippen molar-refractivity contribution in [3.63, 3.8) is 0 Å². The van der Waals surface area contributed by atoms with E-state index in [4.69, 9.17) is 4.74 Å². The Morgan fingerprint density at radius 2 is 2.04 bits per heavy atom. The van der Waals surface area contributed by atoms with Crippen LogP contribution in [-0.2, 0) is 15.7 Å². The molecule has 7 heteroatoms. The summed E-state index contributed by atoms with van der Waals surface area (Å²) in [6, 6.07) is 4.66. The van der Waals surface area contributed by atoms with Crippen molar-refractivity contribution < 1.29 is 22.7 Å². The third-order valence-electron chi connectivity index (χ3n) is 4.02. The number of nitrogens with one attached hydrogen (secondary N) is 1. The van der Waals surface area contributed by atoms with Crippen molar-refractivity contribution in [1.29, 1.82) is 0 Å². The number of nitrogens with zero attached hydrogens (tertiary/aromatic N) is 1. The van der Waals surface area contributed by atoms with Gasteiger partial charge in [-0.2, -0.15) is 13.2 Å². The Morgan fingerprint density at radius 1 is 1.35 bits per heavy atom. The molecular weight excluding hydrogens is 345 g/mol. The van der Waals surface area contributed by atoms with Crippen LogP contribution in [0.5, 0.6) is 0 Å². The van der Waals surface area contributed by atoms with E-state index < -0.39 is 11.7 Å². The summed E-state index contributed by atoms with van der Waals surface area (Å²) < 4.78 is 43.2.